The van der Waals surface area contributed by atoms with Crippen molar-refractivity contribution >= 4 is 29.0 Å². The maximum Gasteiger partial charge on any atom is 0.433 e. The van der Waals surface area contributed by atoms with Crippen molar-refractivity contribution in [3.63, 3.8) is 0 Å². The summed E-state index contributed by atoms with van der Waals surface area (Å²) in [5.41, 5.74) is -0.786. The number of alkyl halides is 3. The van der Waals surface area contributed by atoms with Crippen LogP contribution in [-0.4, -0.2) is 33.2 Å². The molecule has 0 saturated heterocycles. The highest BCUT2D eigenvalue weighted by Crippen LogP contribution is 2.33. The third-order valence-corrected chi connectivity index (χ3v) is 5.28. The molecule has 3 rings (SSSR count). The zero-order valence-electron chi connectivity index (χ0n) is 17.3. The fourth-order valence-electron chi connectivity index (χ4n) is 2.71. The number of hydrogen-bond acceptors (Lipinski definition) is 7. The summed E-state index contributed by atoms with van der Waals surface area (Å²) in [5.74, 6) is -0.446. The third kappa shape index (κ3) is 6.19. The van der Waals surface area contributed by atoms with Crippen LogP contribution in [0.5, 0.6) is 5.75 Å². The van der Waals surface area contributed by atoms with E-state index in [0.717, 1.165) is 23.9 Å². The van der Waals surface area contributed by atoms with Gasteiger partial charge in [0.2, 0.25) is 5.91 Å². The summed E-state index contributed by atoms with van der Waals surface area (Å²) in [4.78, 5) is 30.8. The predicted molar refractivity (Wildman–Crippen MR) is 116 cm³/mol. The fourth-order valence-corrected chi connectivity index (χ4v) is 3.50. The number of nitrogens with one attached hydrogen (secondary N) is 1. The zero-order valence-corrected chi connectivity index (χ0v) is 18.1. The summed E-state index contributed by atoms with van der Waals surface area (Å²) in [6, 6.07) is 12.9. The summed E-state index contributed by atoms with van der Waals surface area (Å²) < 4.78 is 45.1. The van der Waals surface area contributed by atoms with E-state index in [2.05, 4.69) is 15.3 Å². The lowest BCUT2D eigenvalue weighted by Crippen LogP contribution is -2.23. The van der Waals surface area contributed by atoms with Crippen LogP contribution in [0.4, 0.5) is 24.5 Å². The number of aromatic nitrogens is 2. The maximum absolute atomic E-state index is 13.4. The number of non-ortho nitro benzene ring substituents is 1. The van der Waals surface area contributed by atoms with Crippen LogP contribution in [-0.2, 0) is 11.0 Å². The molecular weight excluding hydrogens is 461 g/mol. The molecule has 0 aliphatic heterocycles. The minimum atomic E-state index is -4.70. The lowest BCUT2D eigenvalue weighted by Gasteiger charge is -2.14. The summed E-state index contributed by atoms with van der Waals surface area (Å²) in [7, 11) is 1.32. The number of amides is 1. The van der Waals surface area contributed by atoms with Crippen LogP contribution < -0.4 is 10.1 Å². The van der Waals surface area contributed by atoms with Crippen molar-refractivity contribution in [3.05, 3.63) is 70.4 Å². The number of nitro groups is 1. The van der Waals surface area contributed by atoms with E-state index in [1.807, 2.05) is 0 Å². The maximum atomic E-state index is 13.4. The van der Waals surface area contributed by atoms with Crippen molar-refractivity contribution < 1.29 is 27.6 Å². The highest BCUT2D eigenvalue weighted by Gasteiger charge is 2.34. The lowest BCUT2D eigenvalue weighted by molar-refractivity contribution is -0.384. The Morgan fingerprint density at radius 3 is 2.45 bits per heavy atom. The molecule has 1 heterocycles. The van der Waals surface area contributed by atoms with Crippen molar-refractivity contribution in [1.82, 2.24) is 9.97 Å². The monoisotopic (exact) mass is 478 g/mol. The van der Waals surface area contributed by atoms with Gasteiger partial charge in [0.1, 0.15) is 11.4 Å². The van der Waals surface area contributed by atoms with Crippen molar-refractivity contribution in [2.45, 2.75) is 23.5 Å². The van der Waals surface area contributed by atoms with Crippen molar-refractivity contribution in [1.29, 1.82) is 0 Å². The Balaban J connectivity index is 1.85. The fraction of sp³-hybridized carbons (Fsp3) is 0.190. The second-order valence-corrected chi connectivity index (χ2v) is 8.02. The predicted octanol–water partition coefficient (Wildman–Crippen LogP) is 5.20. The molecule has 1 amide bonds. The molecule has 0 aliphatic carbocycles. The van der Waals surface area contributed by atoms with Crippen LogP contribution >= 0.6 is 11.8 Å². The van der Waals surface area contributed by atoms with Crippen LogP contribution in [0.1, 0.15) is 12.6 Å². The Hall–Kier alpha value is -3.67. The van der Waals surface area contributed by atoms with E-state index in [4.69, 9.17) is 4.74 Å². The quantitative estimate of drug-likeness (QED) is 0.215. The third-order valence-electron chi connectivity index (χ3n) is 4.32. The van der Waals surface area contributed by atoms with Gasteiger partial charge in [-0.25, -0.2) is 9.97 Å². The number of benzene rings is 2. The van der Waals surface area contributed by atoms with Gasteiger partial charge in [0, 0.05) is 17.7 Å². The van der Waals surface area contributed by atoms with Crippen molar-refractivity contribution in [3.8, 4) is 17.0 Å². The number of hydrogen-bond donors (Lipinski definition) is 1. The van der Waals surface area contributed by atoms with E-state index >= 15 is 0 Å². The normalized spacial score (nSPS) is 12.2. The number of methoxy groups -OCH3 is 1. The van der Waals surface area contributed by atoms with Crippen LogP contribution in [0.3, 0.4) is 0 Å². The summed E-state index contributed by atoms with van der Waals surface area (Å²) in [6.45, 7) is 1.46. The highest BCUT2D eigenvalue weighted by molar-refractivity contribution is 8.00. The minimum Gasteiger partial charge on any atom is -0.496 e. The van der Waals surface area contributed by atoms with E-state index in [0.29, 0.717) is 5.56 Å². The number of carbonyl (C=O) groups is 1. The number of nitrogens with zero attached hydrogens (tertiary/aromatic N) is 3. The summed E-state index contributed by atoms with van der Waals surface area (Å²) in [6.07, 6.45) is -4.70. The van der Waals surface area contributed by atoms with Gasteiger partial charge in [0.15, 0.2) is 5.16 Å². The molecule has 3 aromatic rings. The molecule has 2 aromatic carbocycles. The van der Waals surface area contributed by atoms with Crippen LogP contribution in [0.2, 0.25) is 0 Å². The van der Waals surface area contributed by atoms with E-state index in [1.165, 1.54) is 26.2 Å². The molecule has 0 fully saturated rings. The summed E-state index contributed by atoms with van der Waals surface area (Å²) >= 11 is 0.731. The smallest absolute Gasteiger partial charge is 0.433 e. The standard InChI is InChI=1S/C21H17F3N4O4S/c1-12(19(29)25-14-8-15(28(30)31)10-16(9-14)32-2)33-20-26-17(13-6-4-3-5-7-13)11-18(27-20)21(22,23)24/h3-12H,1-2H3,(H,25,29)/t12-/m1/s1. The Morgan fingerprint density at radius 1 is 1.15 bits per heavy atom. The van der Waals surface area contributed by atoms with E-state index in [9.17, 15) is 28.1 Å². The van der Waals surface area contributed by atoms with Gasteiger partial charge in [-0.15, -0.1) is 0 Å². The molecule has 172 valence electrons. The molecule has 1 atom stereocenters. The number of rotatable bonds is 7. The zero-order chi connectivity index (χ0) is 24.2. The second kappa shape index (κ2) is 9.86. The molecule has 0 spiro atoms. The number of nitro benzene ring substituents is 1. The Bertz CT molecular complexity index is 1180. The largest absolute Gasteiger partial charge is 0.496 e. The van der Waals surface area contributed by atoms with Gasteiger partial charge in [-0.3, -0.25) is 14.9 Å². The number of thioether (sulfide) groups is 1. The van der Waals surface area contributed by atoms with Gasteiger partial charge >= 0.3 is 6.18 Å². The van der Waals surface area contributed by atoms with Crippen LogP contribution in [0.15, 0.2) is 59.8 Å². The SMILES string of the molecule is COc1cc(NC(=O)[C@@H](C)Sc2nc(-c3ccccc3)cc(C(F)(F)F)n2)cc([N+](=O)[O-])c1. The van der Waals surface area contributed by atoms with E-state index < -0.39 is 28.0 Å². The molecule has 1 aromatic heterocycles. The first kappa shape index (κ1) is 24.0. The van der Waals surface area contributed by atoms with Gasteiger partial charge in [-0.05, 0) is 13.0 Å². The Morgan fingerprint density at radius 2 is 1.85 bits per heavy atom. The molecule has 0 aliphatic rings. The first-order valence-corrected chi connectivity index (χ1v) is 10.3. The lowest BCUT2D eigenvalue weighted by atomic mass is 10.1. The van der Waals surface area contributed by atoms with Crippen LogP contribution in [0.25, 0.3) is 11.3 Å². The second-order valence-electron chi connectivity index (χ2n) is 6.71. The molecular formula is C21H17F3N4O4S. The summed E-state index contributed by atoms with van der Waals surface area (Å²) in [5, 5.41) is 12.4. The van der Waals surface area contributed by atoms with Gasteiger partial charge < -0.3 is 10.1 Å². The topological polar surface area (TPSA) is 107 Å². The average molecular weight is 478 g/mol. The molecule has 0 bridgehead atoms. The molecule has 0 unspecified atom stereocenters. The van der Waals surface area contributed by atoms with Crippen molar-refractivity contribution in [2.75, 3.05) is 12.4 Å². The average Bonchev–Trinajstić information content (AvgIpc) is 2.78. The van der Waals surface area contributed by atoms with E-state index in [1.54, 1.807) is 30.3 Å². The number of anilines is 1. The molecule has 1 N–H and O–H groups in total. The highest BCUT2D eigenvalue weighted by atomic mass is 32.2. The number of ether oxygens (including phenoxy) is 1. The van der Waals surface area contributed by atoms with E-state index in [-0.39, 0.29) is 28.0 Å². The minimum absolute atomic E-state index is 0.0662. The van der Waals surface area contributed by atoms with Crippen LogP contribution in [0, 0.1) is 10.1 Å². The molecule has 8 nitrogen and oxygen atoms in total. The molecule has 0 saturated carbocycles. The van der Waals surface area contributed by atoms with Gasteiger partial charge in [0.05, 0.1) is 34.7 Å². The first-order chi connectivity index (χ1) is 15.6. The Kier molecular flexibility index (Phi) is 7.16. The number of halogens is 3. The van der Waals surface area contributed by atoms with Gasteiger partial charge in [-0.2, -0.15) is 13.2 Å². The number of carbonyl (C=O) groups excluding carboxylic acids is 1. The Labute approximate surface area is 190 Å². The molecule has 12 heteroatoms. The van der Waals surface area contributed by atoms with Gasteiger partial charge in [0.25, 0.3) is 5.69 Å². The van der Waals surface area contributed by atoms with Gasteiger partial charge in [-0.1, -0.05) is 42.1 Å². The molecule has 33 heavy (non-hydrogen) atoms. The first-order valence-electron chi connectivity index (χ1n) is 9.39. The molecule has 0 radical (unpaired) electrons. The van der Waals surface area contributed by atoms with Crippen molar-refractivity contribution in [2.24, 2.45) is 0 Å².